The summed E-state index contributed by atoms with van der Waals surface area (Å²) in [6.07, 6.45) is 7.95. The minimum absolute atomic E-state index is 0.0694. The van der Waals surface area contributed by atoms with Crippen LogP contribution in [0.15, 0.2) is 55.8 Å². The Hall–Kier alpha value is -3.26. The highest BCUT2D eigenvalue weighted by molar-refractivity contribution is 5.90. The average Bonchev–Trinajstić information content (AvgIpc) is 3.33. The first-order valence-corrected chi connectivity index (χ1v) is 11.3. The van der Waals surface area contributed by atoms with Crippen molar-refractivity contribution in [2.75, 3.05) is 20.2 Å². The van der Waals surface area contributed by atoms with Crippen LogP contribution < -0.4 is 5.32 Å². The molecule has 1 saturated heterocycles. The van der Waals surface area contributed by atoms with Gasteiger partial charge in [-0.05, 0) is 36.1 Å². The molecule has 1 fully saturated rings. The summed E-state index contributed by atoms with van der Waals surface area (Å²) in [4.78, 5) is 38.0. The maximum Gasteiger partial charge on any atom is 0.246 e. The van der Waals surface area contributed by atoms with Crippen LogP contribution in [0.2, 0.25) is 0 Å². The second-order valence-electron chi connectivity index (χ2n) is 8.72. The van der Waals surface area contributed by atoms with Crippen molar-refractivity contribution >= 4 is 11.8 Å². The van der Waals surface area contributed by atoms with Crippen molar-refractivity contribution in [2.45, 2.75) is 44.8 Å². The SMILES string of the molecule is C=CN(C)[C@H](C(=O)N1CCC[C@H]1C(=O)N[C@@H](CO)c1ccc(-c2cncnc2)cc1)C(C)C. The predicted molar refractivity (Wildman–Crippen MR) is 127 cm³/mol. The number of nitrogens with zero attached hydrogens (tertiary/aromatic N) is 4. The van der Waals surface area contributed by atoms with Gasteiger partial charge in [0, 0.05) is 31.5 Å². The topological polar surface area (TPSA) is 98.7 Å². The number of aliphatic hydroxyl groups excluding tert-OH is 1. The number of amides is 2. The summed E-state index contributed by atoms with van der Waals surface area (Å²) in [5.74, 6) is -0.243. The van der Waals surface area contributed by atoms with Gasteiger partial charge in [0.1, 0.15) is 18.4 Å². The molecule has 0 saturated carbocycles. The van der Waals surface area contributed by atoms with Gasteiger partial charge in [-0.1, -0.05) is 44.7 Å². The summed E-state index contributed by atoms with van der Waals surface area (Å²) < 4.78 is 0. The van der Waals surface area contributed by atoms with Gasteiger partial charge in [0.05, 0.1) is 12.6 Å². The molecule has 1 aromatic heterocycles. The second kappa shape index (κ2) is 11.0. The van der Waals surface area contributed by atoms with E-state index >= 15 is 0 Å². The number of carbonyl (C=O) groups excluding carboxylic acids is 2. The number of carbonyl (C=O) groups is 2. The lowest BCUT2D eigenvalue weighted by Crippen LogP contribution is -2.54. The molecule has 2 aromatic rings. The van der Waals surface area contributed by atoms with Crippen LogP contribution in [0.3, 0.4) is 0 Å². The molecule has 176 valence electrons. The zero-order valence-corrected chi connectivity index (χ0v) is 19.5. The lowest BCUT2D eigenvalue weighted by atomic mass is 10.0. The molecule has 2 heterocycles. The summed E-state index contributed by atoms with van der Waals surface area (Å²) in [6.45, 7) is 8.05. The Kier molecular flexibility index (Phi) is 8.16. The fourth-order valence-corrected chi connectivity index (χ4v) is 4.37. The van der Waals surface area contributed by atoms with Crippen molar-refractivity contribution in [1.29, 1.82) is 0 Å². The van der Waals surface area contributed by atoms with Gasteiger partial charge in [-0.2, -0.15) is 0 Å². The monoisotopic (exact) mass is 451 g/mol. The van der Waals surface area contributed by atoms with Gasteiger partial charge in [0.25, 0.3) is 0 Å². The van der Waals surface area contributed by atoms with E-state index in [0.29, 0.717) is 13.0 Å². The van der Waals surface area contributed by atoms with E-state index in [2.05, 4.69) is 21.9 Å². The predicted octanol–water partition coefficient (Wildman–Crippen LogP) is 2.38. The number of aromatic nitrogens is 2. The van der Waals surface area contributed by atoms with Crippen LogP contribution in [0.5, 0.6) is 0 Å². The third kappa shape index (κ3) is 5.57. The largest absolute Gasteiger partial charge is 0.394 e. The Morgan fingerprint density at radius 1 is 1.24 bits per heavy atom. The van der Waals surface area contributed by atoms with Gasteiger partial charge < -0.3 is 20.2 Å². The van der Waals surface area contributed by atoms with E-state index in [1.54, 1.807) is 28.4 Å². The molecular weight excluding hydrogens is 418 g/mol. The number of likely N-dealkylation sites (N-methyl/N-ethyl adjacent to an activating group) is 1. The van der Waals surface area contributed by atoms with Gasteiger partial charge in [-0.15, -0.1) is 0 Å². The summed E-state index contributed by atoms with van der Waals surface area (Å²) in [7, 11) is 1.83. The molecule has 2 amide bonds. The number of nitrogens with one attached hydrogen (secondary N) is 1. The maximum absolute atomic E-state index is 13.3. The van der Waals surface area contributed by atoms with E-state index in [4.69, 9.17) is 0 Å². The molecule has 8 heteroatoms. The minimum Gasteiger partial charge on any atom is -0.394 e. The van der Waals surface area contributed by atoms with Gasteiger partial charge in [-0.3, -0.25) is 9.59 Å². The van der Waals surface area contributed by atoms with E-state index in [-0.39, 0.29) is 30.4 Å². The average molecular weight is 452 g/mol. The Bertz CT molecular complexity index is 948. The third-order valence-corrected chi connectivity index (χ3v) is 6.16. The molecule has 0 radical (unpaired) electrons. The van der Waals surface area contributed by atoms with Crippen molar-refractivity contribution in [3.63, 3.8) is 0 Å². The molecule has 2 N–H and O–H groups in total. The second-order valence-corrected chi connectivity index (χ2v) is 8.72. The van der Waals surface area contributed by atoms with Crippen LogP contribution in [0, 0.1) is 5.92 Å². The zero-order valence-electron chi connectivity index (χ0n) is 19.5. The van der Waals surface area contributed by atoms with Gasteiger partial charge in [0.2, 0.25) is 11.8 Å². The number of hydrogen-bond donors (Lipinski definition) is 2. The number of likely N-dealkylation sites (tertiary alicyclic amines) is 1. The molecule has 0 unspecified atom stereocenters. The molecule has 0 bridgehead atoms. The molecule has 3 atom stereocenters. The number of hydrogen-bond acceptors (Lipinski definition) is 6. The Labute approximate surface area is 195 Å². The first kappa shape index (κ1) is 24.4. The van der Waals surface area contributed by atoms with Crippen LogP contribution in [0.4, 0.5) is 0 Å². The molecule has 0 aliphatic carbocycles. The third-order valence-electron chi connectivity index (χ3n) is 6.16. The van der Waals surface area contributed by atoms with Crippen molar-refractivity contribution in [2.24, 2.45) is 5.92 Å². The van der Waals surface area contributed by atoms with Crippen molar-refractivity contribution < 1.29 is 14.7 Å². The number of benzene rings is 1. The van der Waals surface area contributed by atoms with E-state index < -0.39 is 12.1 Å². The Balaban J connectivity index is 1.71. The standard InChI is InChI=1S/C25H33N5O3/c1-5-29(4)23(17(2)3)25(33)30-12-6-7-22(30)24(32)28-21(15-31)19-10-8-18(9-11-19)20-13-26-16-27-14-20/h5,8-11,13-14,16-17,21-23,31H,1,6-7,12,15H2,2-4H3,(H,28,32)/t21-,22-,23-/m0/s1. The molecule has 1 aliphatic rings. The molecule has 1 aliphatic heterocycles. The van der Waals surface area contributed by atoms with Crippen LogP contribution >= 0.6 is 0 Å². The van der Waals surface area contributed by atoms with Crippen LogP contribution in [0.25, 0.3) is 11.1 Å². The molecule has 0 spiro atoms. The summed E-state index contributed by atoms with van der Waals surface area (Å²) in [6, 6.07) is 6.07. The molecular formula is C25H33N5O3. The van der Waals surface area contributed by atoms with E-state index in [1.807, 2.05) is 45.2 Å². The molecule has 1 aromatic carbocycles. The minimum atomic E-state index is -0.562. The number of aliphatic hydroxyl groups is 1. The number of rotatable bonds is 9. The summed E-state index contributed by atoms with van der Waals surface area (Å²) in [5, 5.41) is 12.9. The van der Waals surface area contributed by atoms with Crippen LogP contribution in [0.1, 0.15) is 38.3 Å². The maximum atomic E-state index is 13.3. The molecule has 3 rings (SSSR count). The smallest absolute Gasteiger partial charge is 0.246 e. The Morgan fingerprint density at radius 2 is 1.91 bits per heavy atom. The highest BCUT2D eigenvalue weighted by Crippen LogP contribution is 2.25. The normalized spacial score (nSPS) is 17.5. The van der Waals surface area contributed by atoms with Gasteiger partial charge in [-0.25, -0.2) is 9.97 Å². The van der Waals surface area contributed by atoms with Crippen molar-refractivity contribution in [1.82, 2.24) is 25.1 Å². The first-order chi connectivity index (χ1) is 15.9. The lowest BCUT2D eigenvalue weighted by molar-refractivity contribution is -0.143. The lowest BCUT2D eigenvalue weighted by Gasteiger charge is -2.35. The van der Waals surface area contributed by atoms with Crippen LogP contribution in [-0.4, -0.2) is 69.0 Å². The van der Waals surface area contributed by atoms with Crippen LogP contribution in [-0.2, 0) is 9.59 Å². The Morgan fingerprint density at radius 3 is 2.48 bits per heavy atom. The fraction of sp³-hybridized carbons (Fsp3) is 0.440. The van der Waals surface area contributed by atoms with E-state index in [0.717, 1.165) is 23.1 Å². The van der Waals surface area contributed by atoms with Gasteiger partial charge in [0.15, 0.2) is 0 Å². The van der Waals surface area contributed by atoms with Gasteiger partial charge >= 0.3 is 0 Å². The van der Waals surface area contributed by atoms with Crippen molar-refractivity contribution in [3.05, 3.63) is 61.3 Å². The quantitative estimate of drug-likeness (QED) is 0.607. The highest BCUT2D eigenvalue weighted by Gasteiger charge is 2.39. The van der Waals surface area contributed by atoms with Crippen molar-refractivity contribution in [3.8, 4) is 11.1 Å². The zero-order chi connectivity index (χ0) is 24.0. The summed E-state index contributed by atoms with van der Waals surface area (Å²) >= 11 is 0. The summed E-state index contributed by atoms with van der Waals surface area (Å²) in [5.41, 5.74) is 2.62. The van der Waals surface area contributed by atoms with E-state index in [9.17, 15) is 14.7 Å². The molecule has 8 nitrogen and oxygen atoms in total. The first-order valence-electron chi connectivity index (χ1n) is 11.3. The molecule has 33 heavy (non-hydrogen) atoms. The van der Waals surface area contributed by atoms with E-state index in [1.165, 1.54) is 6.33 Å². The fourth-order valence-electron chi connectivity index (χ4n) is 4.37. The highest BCUT2D eigenvalue weighted by atomic mass is 16.3.